The molecule has 2 heteroatoms. The van der Waals surface area contributed by atoms with E-state index in [9.17, 15) is 0 Å². The molecular formula is C14H28N2. The van der Waals surface area contributed by atoms with Gasteiger partial charge < -0.3 is 5.32 Å². The summed E-state index contributed by atoms with van der Waals surface area (Å²) in [7, 11) is 0. The molecule has 0 aromatic carbocycles. The van der Waals surface area contributed by atoms with Crippen LogP contribution in [0.1, 0.15) is 47.5 Å². The largest absolute Gasteiger partial charge is 0.311 e. The number of nitrogens with one attached hydrogen (secondary N) is 1. The summed E-state index contributed by atoms with van der Waals surface area (Å²) >= 11 is 0. The van der Waals surface area contributed by atoms with Crippen LogP contribution < -0.4 is 5.32 Å². The van der Waals surface area contributed by atoms with Gasteiger partial charge in [0.1, 0.15) is 0 Å². The molecule has 0 amide bonds. The van der Waals surface area contributed by atoms with Crippen molar-refractivity contribution in [2.75, 3.05) is 19.6 Å². The van der Waals surface area contributed by atoms with E-state index in [1.165, 1.54) is 25.0 Å². The lowest BCUT2D eigenvalue weighted by atomic mass is 9.91. The Morgan fingerprint density at radius 3 is 2.62 bits per heavy atom. The van der Waals surface area contributed by atoms with Crippen molar-refractivity contribution >= 4 is 0 Å². The first-order valence-electron chi connectivity index (χ1n) is 6.63. The second-order valence-electron chi connectivity index (χ2n) is 5.52. The fourth-order valence-corrected chi connectivity index (χ4v) is 2.24. The molecule has 0 aromatic rings. The third-order valence-corrected chi connectivity index (χ3v) is 3.95. The minimum Gasteiger partial charge on any atom is -0.311 e. The Morgan fingerprint density at radius 2 is 2.12 bits per heavy atom. The molecule has 2 atom stereocenters. The number of piperazine rings is 1. The van der Waals surface area contributed by atoms with Crippen molar-refractivity contribution < 1.29 is 0 Å². The fraction of sp³-hybridized carbons (Fsp3) is 0.857. The summed E-state index contributed by atoms with van der Waals surface area (Å²) in [4.78, 5) is 2.64. The van der Waals surface area contributed by atoms with E-state index in [1.54, 1.807) is 0 Å². The van der Waals surface area contributed by atoms with Crippen LogP contribution in [0.3, 0.4) is 0 Å². The summed E-state index contributed by atoms with van der Waals surface area (Å²) in [6, 6.07) is 0.671. The third-order valence-electron chi connectivity index (χ3n) is 3.95. The Hall–Kier alpha value is -0.340. The minimum atomic E-state index is 0.331. The highest BCUT2D eigenvalue weighted by Crippen LogP contribution is 2.23. The molecule has 0 bridgehead atoms. The van der Waals surface area contributed by atoms with Crippen LogP contribution in [-0.2, 0) is 0 Å². The zero-order valence-electron chi connectivity index (χ0n) is 11.6. The van der Waals surface area contributed by atoms with E-state index in [0.717, 1.165) is 13.1 Å². The molecule has 16 heavy (non-hydrogen) atoms. The minimum absolute atomic E-state index is 0.331. The molecule has 0 aliphatic carbocycles. The Morgan fingerprint density at radius 1 is 1.44 bits per heavy atom. The van der Waals surface area contributed by atoms with E-state index in [2.05, 4.69) is 50.9 Å². The highest BCUT2D eigenvalue weighted by Gasteiger charge is 2.34. The van der Waals surface area contributed by atoms with Crippen molar-refractivity contribution in [3.8, 4) is 0 Å². The molecule has 1 N–H and O–H groups in total. The smallest absolute Gasteiger partial charge is 0.0307 e. The van der Waals surface area contributed by atoms with Gasteiger partial charge >= 0.3 is 0 Å². The van der Waals surface area contributed by atoms with Gasteiger partial charge in [-0.15, -0.1) is 0 Å². The van der Waals surface area contributed by atoms with Crippen molar-refractivity contribution in [2.24, 2.45) is 0 Å². The maximum atomic E-state index is 3.67. The lowest BCUT2D eigenvalue weighted by Crippen LogP contribution is -2.62. The Balaban J connectivity index is 2.68. The Labute approximate surface area is 101 Å². The second kappa shape index (κ2) is 5.83. The van der Waals surface area contributed by atoms with Gasteiger partial charge in [0.05, 0.1) is 0 Å². The van der Waals surface area contributed by atoms with Crippen LogP contribution in [0.25, 0.3) is 0 Å². The first kappa shape index (κ1) is 13.7. The molecule has 2 nitrogen and oxygen atoms in total. The predicted molar refractivity (Wildman–Crippen MR) is 71.8 cm³/mol. The normalized spacial score (nSPS) is 31.4. The van der Waals surface area contributed by atoms with E-state index in [4.69, 9.17) is 0 Å². The van der Waals surface area contributed by atoms with Crippen LogP contribution in [0.15, 0.2) is 11.6 Å². The molecule has 1 saturated heterocycles. The van der Waals surface area contributed by atoms with E-state index >= 15 is 0 Å². The van der Waals surface area contributed by atoms with E-state index in [0.29, 0.717) is 11.6 Å². The molecule has 0 spiro atoms. The maximum absolute atomic E-state index is 3.67. The average Bonchev–Trinajstić information content (AvgIpc) is 2.28. The number of hydrogen-bond donors (Lipinski definition) is 1. The summed E-state index contributed by atoms with van der Waals surface area (Å²) in [5.41, 5.74) is 1.75. The first-order chi connectivity index (χ1) is 7.51. The van der Waals surface area contributed by atoms with Gasteiger partial charge in [0.2, 0.25) is 0 Å². The molecule has 1 heterocycles. The molecule has 1 aliphatic heterocycles. The first-order valence-corrected chi connectivity index (χ1v) is 6.63. The topological polar surface area (TPSA) is 15.3 Å². The zero-order chi connectivity index (χ0) is 12.2. The van der Waals surface area contributed by atoms with E-state index in [-0.39, 0.29) is 0 Å². The summed E-state index contributed by atoms with van der Waals surface area (Å²) < 4.78 is 0. The van der Waals surface area contributed by atoms with E-state index in [1.807, 2.05) is 0 Å². The lowest BCUT2D eigenvalue weighted by Gasteiger charge is -2.47. The van der Waals surface area contributed by atoms with Gasteiger partial charge in [0, 0.05) is 31.2 Å². The van der Waals surface area contributed by atoms with Crippen LogP contribution in [0.4, 0.5) is 0 Å². The molecule has 1 fully saturated rings. The maximum Gasteiger partial charge on any atom is 0.0307 e. The molecule has 94 valence electrons. The fourth-order valence-electron chi connectivity index (χ4n) is 2.24. The predicted octanol–water partition coefficient (Wildman–Crippen LogP) is 2.81. The zero-order valence-corrected chi connectivity index (χ0v) is 11.6. The molecule has 0 saturated carbocycles. The lowest BCUT2D eigenvalue weighted by molar-refractivity contribution is 0.0594. The van der Waals surface area contributed by atoms with Crippen LogP contribution in [-0.4, -0.2) is 36.1 Å². The van der Waals surface area contributed by atoms with Gasteiger partial charge in [-0.05, 0) is 33.6 Å². The molecule has 1 rings (SSSR count). The third kappa shape index (κ3) is 3.33. The Bertz CT molecular complexity index is 243. The van der Waals surface area contributed by atoms with Crippen molar-refractivity contribution in [2.45, 2.75) is 59.0 Å². The van der Waals surface area contributed by atoms with Gasteiger partial charge in [0.15, 0.2) is 0 Å². The number of allylic oxidation sites excluding steroid dienone is 1. The molecule has 0 radical (unpaired) electrons. The van der Waals surface area contributed by atoms with E-state index < -0.39 is 0 Å². The van der Waals surface area contributed by atoms with Crippen molar-refractivity contribution in [1.29, 1.82) is 0 Å². The number of nitrogens with zero attached hydrogens (tertiary/aromatic N) is 1. The van der Waals surface area contributed by atoms with Crippen LogP contribution in [0.5, 0.6) is 0 Å². The van der Waals surface area contributed by atoms with Crippen LogP contribution in [0, 0.1) is 0 Å². The molecule has 1 aliphatic rings. The van der Waals surface area contributed by atoms with Crippen molar-refractivity contribution in [3.63, 3.8) is 0 Å². The van der Waals surface area contributed by atoms with Gasteiger partial charge in [-0.2, -0.15) is 0 Å². The SMILES string of the molecule is CCC1CN(CC=C(C)C)C(C)(CC)CN1. The summed E-state index contributed by atoms with van der Waals surface area (Å²) in [5, 5.41) is 3.67. The van der Waals surface area contributed by atoms with Gasteiger partial charge in [-0.3, -0.25) is 4.90 Å². The van der Waals surface area contributed by atoms with Gasteiger partial charge in [-0.1, -0.05) is 25.5 Å². The number of rotatable bonds is 4. The molecule has 0 aromatic heterocycles. The highest BCUT2D eigenvalue weighted by atomic mass is 15.3. The van der Waals surface area contributed by atoms with Crippen molar-refractivity contribution in [3.05, 3.63) is 11.6 Å². The van der Waals surface area contributed by atoms with Crippen molar-refractivity contribution in [1.82, 2.24) is 10.2 Å². The summed E-state index contributed by atoms with van der Waals surface area (Å²) in [6.45, 7) is 14.7. The summed E-state index contributed by atoms with van der Waals surface area (Å²) in [5.74, 6) is 0. The van der Waals surface area contributed by atoms with Gasteiger partial charge in [0.25, 0.3) is 0 Å². The van der Waals surface area contributed by atoms with Crippen LogP contribution >= 0.6 is 0 Å². The standard InChI is InChI=1S/C14H28N2/c1-6-13-10-16(9-8-12(3)4)14(5,7-2)11-15-13/h8,13,15H,6-7,9-11H2,1-5H3. The Kier molecular flexibility index (Phi) is 5.00. The number of hydrogen-bond acceptors (Lipinski definition) is 2. The van der Waals surface area contributed by atoms with Crippen LogP contribution in [0.2, 0.25) is 0 Å². The molecule has 2 unspecified atom stereocenters. The molecular weight excluding hydrogens is 196 g/mol. The quantitative estimate of drug-likeness (QED) is 0.739. The summed E-state index contributed by atoms with van der Waals surface area (Å²) in [6.07, 6.45) is 4.80. The average molecular weight is 224 g/mol. The second-order valence-corrected chi connectivity index (χ2v) is 5.52. The van der Waals surface area contributed by atoms with Gasteiger partial charge in [-0.25, -0.2) is 0 Å². The highest BCUT2D eigenvalue weighted by molar-refractivity contribution is 5.01. The monoisotopic (exact) mass is 224 g/mol.